The van der Waals surface area contributed by atoms with Gasteiger partial charge in [-0.25, -0.2) is 0 Å². The summed E-state index contributed by atoms with van der Waals surface area (Å²) in [6.45, 7) is 10.9. The Morgan fingerprint density at radius 3 is 1.65 bits per heavy atom. The first kappa shape index (κ1) is 17.5. The van der Waals surface area contributed by atoms with Crippen molar-refractivity contribution in [3.8, 4) is 0 Å². The summed E-state index contributed by atoms with van der Waals surface area (Å²) < 4.78 is 0. The molecule has 0 saturated carbocycles. The third-order valence-corrected chi connectivity index (χ3v) is 3.91. The SMILES string of the molecule is C[C@@H](/C=C\C(C)(C)C)N(Cc1ccccc1)Cc1ccccc1. The Morgan fingerprint density at radius 1 is 0.826 bits per heavy atom. The Morgan fingerprint density at radius 2 is 1.26 bits per heavy atom. The summed E-state index contributed by atoms with van der Waals surface area (Å²) in [5.41, 5.74) is 2.94. The van der Waals surface area contributed by atoms with Crippen molar-refractivity contribution < 1.29 is 0 Å². The standard InChI is InChI=1S/C22H29N/c1-19(15-16-22(2,3)4)23(17-20-11-7-5-8-12-20)18-21-13-9-6-10-14-21/h5-16,19H,17-18H2,1-4H3/b16-15-/t19-/m0/s1. The van der Waals surface area contributed by atoms with Gasteiger partial charge in [0.25, 0.3) is 0 Å². The molecule has 0 N–H and O–H groups in total. The van der Waals surface area contributed by atoms with Crippen molar-refractivity contribution in [2.45, 2.75) is 46.8 Å². The first-order valence-electron chi connectivity index (χ1n) is 8.45. The van der Waals surface area contributed by atoms with Gasteiger partial charge in [-0.2, -0.15) is 0 Å². The van der Waals surface area contributed by atoms with E-state index in [-0.39, 0.29) is 5.41 Å². The van der Waals surface area contributed by atoms with Crippen LogP contribution in [0.4, 0.5) is 0 Å². The lowest BCUT2D eigenvalue weighted by Crippen LogP contribution is -2.31. The average molecular weight is 307 g/mol. The van der Waals surface area contributed by atoms with Gasteiger partial charge >= 0.3 is 0 Å². The zero-order chi connectivity index (χ0) is 16.7. The molecule has 2 rings (SSSR count). The second-order valence-corrected chi connectivity index (χ2v) is 7.34. The topological polar surface area (TPSA) is 3.24 Å². The zero-order valence-corrected chi connectivity index (χ0v) is 14.9. The molecule has 1 nitrogen and oxygen atoms in total. The van der Waals surface area contributed by atoms with E-state index in [4.69, 9.17) is 0 Å². The van der Waals surface area contributed by atoms with Gasteiger partial charge in [-0.15, -0.1) is 0 Å². The van der Waals surface area contributed by atoms with E-state index in [0.29, 0.717) is 6.04 Å². The van der Waals surface area contributed by atoms with Crippen molar-refractivity contribution in [1.29, 1.82) is 0 Å². The van der Waals surface area contributed by atoms with Gasteiger partial charge in [0.15, 0.2) is 0 Å². The fraction of sp³-hybridized carbons (Fsp3) is 0.364. The highest BCUT2D eigenvalue weighted by molar-refractivity contribution is 5.18. The highest BCUT2D eigenvalue weighted by Crippen LogP contribution is 2.18. The van der Waals surface area contributed by atoms with Gasteiger partial charge in [0.2, 0.25) is 0 Å². The Bertz CT molecular complexity index is 551. The van der Waals surface area contributed by atoms with E-state index in [1.165, 1.54) is 11.1 Å². The van der Waals surface area contributed by atoms with E-state index >= 15 is 0 Å². The molecule has 0 aliphatic carbocycles. The Balaban J connectivity index is 2.15. The van der Waals surface area contributed by atoms with E-state index in [1.54, 1.807) is 0 Å². The highest BCUT2D eigenvalue weighted by atomic mass is 15.1. The summed E-state index contributed by atoms with van der Waals surface area (Å²) in [5.74, 6) is 0. The molecule has 0 amide bonds. The minimum atomic E-state index is 0.222. The molecule has 0 heterocycles. The first-order valence-corrected chi connectivity index (χ1v) is 8.45. The normalized spacial score (nSPS) is 13.6. The summed E-state index contributed by atoms with van der Waals surface area (Å²) >= 11 is 0. The van der Waals surface area contributed by atoms with Crippen LogP contribution in [-0.4, -0.2) is 10.9 Å². The molecule has 0 aliphatic rings. The molecule has 0 bridgehead atoms. The predicted octanol–water partition coefficient (Wildman–Crippen LogP) is 5.68. The van der Waals surface area contributed by atoms with Gasteiger partial charge in [0, 0.05) is 19.1 Å². The molecule has 1 heteroatoms. The van der Waals surface area contributed by atoms with E-state index in [1.807, 2.05) is 0 Å². The third-order valence-electron chi connectivity index (χ3n) is 3.91. The summed E-state index contributed by atoms with van der Waals surface area (Å²) in [7, 11) is 0. The van der Waals surface area contributed by atoms with Crippen LogP contribution in [0.2, 0.25) is 0 Å². The molecule has 1 atom stereocenters. The van der Waals surface area contributed by atoms with Crippen LogP contribution in [0.5, 0.6) is 0 Å². The number of hydrogen-bond acceptors (Lipinski definition) is 1. The smallest absolute Gasteiger partial charge is 0.0257 e. The molecule has 0 unspecified atom stereocenters. The van der Waals surface area contributed by atoms with Crippen LogP contribution < -0.4 is 0 Å². The van der Waals surface area contributed by atoms with Crippen molar-refractivity contribution in [3.63, 3.8) is 0 Å². The van der Waals surface area contributed by atoms with Crippen molar-refractivity contribution >= 4 is 0 Å². The number of hydrogen-bond donors (Lipinski definition) is 0. The maximum absolute atomic E-state index is 2.52. The predicted molar refractivity (Wildman–Crippen MR) is 100 cm³/mol. The molecule has 2 aromatic carbocycles. The van der Waals surface area contributed by atoms with Gasteiger partial charge in [0.05, 0.1) is 0 Å². The molecule has 0 fully saturated rings. The molecule has 2 aromatic rings. The van der Waals surface area contributed by atoms with E-state index in [0.717, 1.165) is 13.1 Å². The summed E-state index contributed by atoms with van der Waals surface area (Å²) in [5, 5.41) is 0. The quantitative estimate of drug-likeness (QED) is 0.621. The van der Waals surface area contributed by atoms with Gasteiger partial charge in [-0.05, 0) is 23.5 Å². The van der Waals surface area contributed by atoms with Gasteiger partial charge in [-0.1, -0.05) is 93.6 Å². The minimum absolute atomic E-state index is 0.222. The zero-order valence-electron chi connectivity index (χ0n) is 14.9. The van der Waals surface area contributed by atoms with Gasteiger partial charge in [-0.3, -0.25) is 4.90 Å². The summed E-state index contributed by atoms with van der Waals surface area (Å²) in [6.07, 6.45) is 4.66. The lowest BCUT2D eigenvalue weighted by Gasteiger charge is -2.28. The molecule has 0 radical (unpaired) electrons. The maximum atomic E-state index is 2.52. The van der Waals surface area contributed by atoms with Crippen molar-refractivity contribution in [3.05, 3.63) is 83.9 Å². The minimum Gasteiger partial charge on any atom is -0.289 e. The lowest BCUT2D eigenvalue weighted by atomic mass is 9.95. The van der Waals surface area contributed by atoms with Crippen LogP contribution in [0.3, 0.4) is 0 Å². The fourth-order valence-corrected chi connectivity index (χ4v) is 2.53. The molecule has 0 saturated heterocycles. The molecule has 0 aliphatic heterocycles. The number of allylic oxidation sites excluding steroid dienone is 1. The average Bonchev–Trinajstić information content (AvgIpc) is 2.53. The third kappa shape index (κ3) is 6.42. The largest absolute Gasteiger partial charge is 0.289 e. The monoisotopic (exact) mass is 307 g/mol. The lowest BCUT2D eigenvalue weighted by molar-refractivity contribution is 0.222. The van der Waals surface area contributed by atoms with Crippen molar-refractivity contribution in [1.82, 2.24) is 4.90 Å². The number of benzene rings is 2. The van der Waals surface area contributed by atoms with Crippen molar-refractivity contribution in [2.75, 3.05) is 0 Å². The van der Waals surface area contributed by atoms with E-state index in [2.05, 4.69) is 105 Å². The molecule has 23 heavy (non-hydrogen) atoms. The number of rotatable bonds is 6. The second-order valence-electron chi connectivity index (χ2n) is 7.34. The van der Waals surface area contributed by atoms with Crippen LogP contribution in [0.25, 0.3) is 0 Å². The highest BCUT2D eigenvalue weighted by Gasteiger charge is 2.14. The van der Waals surface area contributed by atoms with Crippen molar-refractivity contribution in [2.24, 2.45) is 5.41 Å². The Labute approximate surface area is 141 Å². The molecule has 0 spiro atoms. The molecular formula is C22H29N. The maximum Gasteiger partial charge on any atom is 0.0257 e. The van der Waals surface area contributed by atoms with Crippen LogP contribution >= 0.6 is 0 Å². The Kier molecular flexibility index (Phi) is 6.18. The van der Waals surface area contributed by atoms with Crippen LogP contribution in [0, 0.1) is 5.41 Å². The Hall–Kier alpha value is -1.86. The fourth-order valence-electron chi connectivity index (χ4n) is 2.53. The van der Waals surface area contributed by atoms with E-state index < -0.39 is 0 Å². The van der Waals surface area contributed by atoms with Crippen LogP contribution in [0.15, 0.2) is 72.8 Å². The first-order chi connectivity index (χ1) is 10.9. The van der Waals surface area contributed by atoms with Crippen LogP contribution in [-0.2, 0) is 13.1 Å². The summed E-state index contributed by atoms with van der Waals surface area (Å²) in [4.78, 5) is 2.52. The van der Waals surface area contributed by atoms with Crippen LogP contribution in [0.1, 0.15) is 38.8 Å². The number of nitrogens with zero attached hydrogens (tertiary/aromatic N) is 1. The summed E-state index contributed by atoms with van der Waals surface area (Å²) in [6, 6.07) is 21.8. The van der Waals surface area contributed by atoms with Gasteiger partial charge in [0.1, 0.15) is 0 Å². The second kappa shape index (κ2) is 8.12. The van der Waals surface area contributed by atoms with E-state index in [9.17, 15) is 0 Å². The molecule has 122 valence electrons. The van der Waals surface area contributed by atoms with Gasteiger partial charge < -0.3 is 0 Å². The molecular weight excluding hydrogens is 278 g/mol. The molecule has 0 aromatic heterocycles.